The molecule has 21 heavy (non-hydrogen) atoms. The Kier molecular flexibility index (Phi) is 2.83. The number of aromatic nitrogens is 4. The lowest BCUT2D eigenvalue weighted by Gasteiger charge is -2.22. The Morgan fingerprint density at radius 2 is 2.29 bits per heavy atom. The van der Waals surface area contributed by atoms with Gasteiger partial charge in [0.25, 0.3) is 5.91 Å². The summed E-state index contributed by atoms with van der Waals surface area (Å²) < 4.78 is 1.85. The molecule has 1 amide bonds. The zero-order valence-corrected chi connectivity index (χ0v) is 12.1. The second-order valence-electron chi connectivity index (χ2n) is 6.14. The Bertz CT molecular complexity index is 682. The molecule has 2 aliphatic rings. The third-order valence-electron chi connectivity index (χ3n) is 4.50. The van der Waals surface area contributed by atoms with Gasteiger partial charge in [-0.1, -0.05) is 0 Å². The molecule has 2 aromatic heterocycles. The summed E-state index contributed by atoms with van der Waals surface area (Å²) in [6, 6.07) is 2.11. The number of aromatic amines is 1. The summed E-state index contributed by atoms with van der Waals surface area (Å²) in [5.74, 6) is 0.539. The average molecular weight is 285 g/mol. The van der Waals surface area contributed by atoms with Crippen molar-refractivity contribution < 1.29 is 4.79 Å². The second-order valence-corrected chi connectivity index (χ2v) is 6.14. The van der Waals surface area contributed by atoms with E-state index in [0.717, 1.165) is 25.0 Å². The van der Waals surface area contributed by atoms with E-state index in [-0.39, 0.29) is 11.9 Å². The average Bonchev–Trinajstić information content (AvgIpc) is 3.07. The summed E-state index contributed by atoms with van der Waals surface area (Å²) >= 11 is 0. The van der Waals surface area contributed by atoms with Gasteiger partial charge in [0.1, 0.15) is 5.69 Å². The molecule has 0 saturated heterocycles. The molecule has 0 radical (unpaired) electrons. The molecule has 2 N–H and O–H groups in total. The summed E-state index contributed by atoms with van der Waals surface area (Å²) in [5, 5.41) is 14.5. The predicted molar refractivity (Wildman–Crippen MR) is 77.0 cm³/mol. The standard InChI is InChI=1S/C15H19N5O/c1-20-14(9-2-3-9)7-13(19-20)15(21)17-11-5-4-10-8-16-18-12(10)6-11/h7-9,11H,2-6H2,1H3,(H,16,18)(H,17,21). The topological polar surface area (TPSA) is 75.6 Å². The lowest BCUT2D eigenvalue weighted by Crippen LogP contribution is -2.39. The highest BCUT2D eigenvalue weighted by Gasteiger charge is 2.29. The minimum absolute atomic E-state index is 0.0644. The first-order valence-corrected chi connectivity index (χ1v) is 7.56. The summed E-state index contributed by atoms with van der Waals surface area (Å²) in [6.45, 7) is 0. The van der Waals surface area contributed by atoms with E-state index < -0.39 is 0 Å². The maximum Gasteiger partial charge on any atom is 0.272 e. The number of amides is 1. The van der Waals surface area contributed by atoms with E-state index in [0.29, 0.717) is 11.6 Å². The zero-order valence-electron chi connectivity index (χ0n) is 12.1. The minimum atomic E-state index is -0.0644. The van der Waals surface area contributed by atoms with Gasteiger partial charge < -0.3 is 5.32 Å². The summed E-state index contributed by atoms with van der Waals surface area (Å²) in [7, 11) is 1.92. The third-order valence-corrected chi connectivity index (χ3v) is 4.50. The molecule has 0 spiro atoms. The van der Waals surface area contributed by atoms with E-state index in [1.54, 1.807) is 0 Å². The van der Waals surface area contributed by atoms with Gasteiger partial charge in [0.05, 0.1) is 6.20 Å². The lowest BCUT2D eigenvalue weighted by molar-refractivity contribution is 0.0927. The van der Waals surface area contributed by atoms with Crippen molar-refractivity contribution in [3.8, 4) is 0 Å². The van der Waals surface area contributed by atoms with Gasteiger partial charge in [0, 0.05) is 36.8 Å². The molecule has 2 heterocycles. The van der Waals surface area contributed by atoms with Crippen LogP contribution in [0.4, 0.5) is 0 Å². The fraction of sp³-hybridized carbons (Fsp3) is 0.533. The predicted octanol–water partition coefficient (Wildman–Crippen LogP) is 1.31. The molecule has 1 fully saturated rings. The molecule has 0 bridgehead atoms. The van der Waals surface area contributed by atoms with Crippen molar-refractivity contribution in [2.45, 2.75) is 44.1 Å². The second kappa shape index (κ2) is 4.72. The lowest BCUT2D eigenvalue weighted by atomic mass is 9.94. The summed E-state index contributed by atoms with van der Waals surface area (Å²) in [5.41, 5.74) is 4.13. The SMILES string of the molecule is Cn1nc(C(=O)NC2CCc3cn[nH]c3C2)cc1C1CC1. The van der Waals surface area contributed by atoms with Crippen LogP contribution in [0.5, 0.6) is 0 Å². The van der Waals surface area contributed by atoms with E-state index in [4.69, 9.17) is 0 Å². The van der Waals surface area contributed by atoms with Crippen molar-refractivity contribution in [3.63, 3.8) is 0 Å². The highest BCUT2D eigenvalue weighted by Crippen LogP contribution is 2.39. The number of hydrogen-bond donors (Lipinski definition) is 2. The molecule has 2 aliphatic carbocycles. The highest BCUT2D eigenvalue weighted by atomic mass is 16.2. The number of H-pyrrole nitrogens is 1. The van der Waals surface area contributed by atoms with Crippen LogP contribution >= 0.6 is 0 Å². The van der Waals surface area contributed by atoms with Crippen molar-refractivity contribution in [1.29, 1.82) is 0 Å². The van der Waals surface area contributed by atoms with Crippen LogP contribution in [-0.2, 0) is 19.9 Å². The number of fused-ring (bicyclic) bond motifs is 1. The Hall–Kier alpha value is -2.11. The Morgan fingerprint density at radius 3 is 3.10 bits per heavy atom. The van der Waals surface area contributed by atoms with E-state index in [1.807, 2.05) is 24.0 Å². The highest BCUT2D eigenvalue weighted by molar-refractivity contribution is 5.92. The first kappa shape index (κ1) is 12.6. The normalized spacial score (nSPS) is 21.1. The van der Waals surface area contributed by atoms with Gasteiger partial charge in [-0.3, -0.25) is 14.6 Å². The molecule has 0 aromatic carbocycles. The summed E-state index contributed by atoms with van der Waals surface area (Å²) in [6.07, 6.45) is 7.06. The molecule has 4 rings (SSSR count). The van der Waals surface area contributed by atoms with Crippen LogP contribution in [-0.4, -0.2) is 31.9 Å². The van der Waals surface area contributed by atoms with Crippen LogP contribution in [0.15, 0.2) is 12.3 Å². The van der Waals surface area contributed by atoms with Gasteiger partial charge in [-0.25, -0.2) is 0 Å². The van der Waals surface area contributed by atoms with Crippen LogP contribution in [0.3, 0.4) is 0 Å². The van der Waals surface area contributed by atoms with E-state index in [9.17, 15) is 4.79 Å². The number of rotatable bonds is 3. The van der Waals surface area contributed by atoms with Crippen LogP contribution in [0, 0.1) is 0 Å². The number of nitrogens with one attached hydrogen (secondary N) is 2. The van der Waals surface area contributed by atoms with Crippen molar-refractivity contribution >= 4 is 5.91 Å². The maximum atomic E-state index is 12.4. The Labute approximate surface area is 122 Å². The van der Waals surface area contributed by atoms with Gasteiger partial charge >= 0.3 is 0 Å². The molecule has 110 valence electrons. The molecular formula is C15H19N5O. The fourth-order valence-corrected chi connectivity index (χ4v) is 3.14. The monoisotopic (exact) mass is 285 g/mol. The van der Waals surface area contributed by atoms with Crippen LogP contribution < -0.4 is 5.32 Å². The van der Waals surface area contributed by atoms with Crippen molar-refractivity contribution in [3.05, 3.63) is 34.9 Å². The Balaban J connectivity index is 1.45. The number of carbonyl (C=O) groups excluding carboxylic acids is 1. The number of nitrogens with zero attached hydrogens (tertiary/aromatic N) is 3. The van der Waals surface area contributed by atoms with Crippen LogP contribution in [0.25, 0.3) is 0 Å². The molecule has 1 atom stereocenters. The number of aryl methyl sites for hydroxylation is 2. The molecular weight excluding hydrogens is 266 g/mol. The van der Waals surface area contributed by atoms with Gasteiger partial charge in [-0.05, 0) is 37.3 Å². The first-order valence-electron chi connectivity index (χ1n) is 7.56. The summed E-state index contributed by atoms with van der Waals surface area (Å²) in [4.78, 5) is 12.4. The molecule has 0 aliphatic heterocycles. The van der Waals surface area contributed by atoms with Gasteiger partial charge in [0.15, 0.2) is 0 Å². The molecule has 6 nitrogen and oxygen atoms in total. The molecule has 1 unspecified atom stereocenters. The fourth-order valence-electron chi connectivity index (χ4n) is 3.14. The van der Waals surface area contributed by atoms with E-state index >= 15 is 0 Å². The number of carbonyl (C=O) groups is 1. The maximum absolute atomic E-state index is 12.4. The molecule has 6 heteroatoms. The van der Waals surface area contributed by atoms with Gasteiger partial charge in [0.2, 0.25) is 0 Å². The van der Waals surface area contributed by atoms with Crippen molar-refractivity contribution in [2.24, 2.45) is 7.05 Å². The number of hydrogen-bond acceptors (Lipinski definition) is 3. The molecule has 1 saturated carbocycles. The van der Waals surface area contributed by atoms with E-state index in [1.165, 1.54) is 24.1 Å². The van der Waals surface area contributed by atoms with Crippen LogP contribution in [0.2, 0.25) is 0 Å². The van der Waals surface area contributed by atoms with Crippen LogP contribution in [0.1, 0.15) is 52.6 Å². The van der Waals surface area contributed by atoms with Gasteiger partial charge in [-0.15, -0.1) is 0 Å². The quantitative estimate of drug-likeness (QED) is 0.892. The molecule has 2 aromatic rings. The minimum Gasteiger partial charge on any atom is -0.348 e. The zero-order chi connectivity index (χ0) is 14.4. The smallest absolute Gasteiger partial charge is 0.272 e. The third kappa shape index (κ3) is 2.34. The van der Waals surface area contributed by atoms with Crippen molar-refractivity contribution in [2.75, 3.05) is 0 Å². The van der Waals surface area contributed by atoms with Gasteiger partial charge in [-0.2, -0.15) is 10.2 Å². The Morgan fingerprint density at radius 1 is 1.43 bits per heavy atom. The van der Waals surface area contributed by atoms with E-state index in [2.05, 4.69) is 20.6 Å². The largest absolute Gasteiger partial charge is 0.348 e. The van der Waals surface area contributed by atoms with Crippen molar-refractivity contribution in [1.82, 2.24) is 25.3 Å². The first-order chi connectivity index (χ1) is 10.2.